The predicted molar refractivity (Wildman–Crippen MR) is 104 cm³/mol. The predicted octanol–water partition coefficient (Wildman–Crippen LogP) is 2.09. The Balaban J connectivity index is 1.54. The number of nitrogens with zero attached hydrogens (tertiary/aromatic N) is 1. The number of carbonyl (C=O) groups excluding carboxylic acids is 1. The van der Waals surface area contributed by atoms with Gasteiger partial charge >= 0.3 is 0 Å². The Hall–Kier alpha value is -2.17. The Morgan fingerprint density at radius 3 is 2.58 bits per heavy atom. The molecular weight excluding hydrogens is 322 g/mol. The van der Waals surface area contributed by atoms with Crippen LogP contribution in [-0.4, -0.2) is 43.5 Å². The number of piperazine rings is 1. The van der Waals surface area contributed by atoms with Crippen molar-refractivity contribution in [3.05, 3.63) is 71.3 Å². The van der Waals surface area contributed by atoms with Crippen LogP contribution >= 0.6 is 0 Å². The third kappa shape index (κ3) is 3.15. The summed E-state index contributed by atoms with van der Waals surface area (Å²) < 4.78 is 0. The van der Waals surface area contributed by atoms with Crippen molar-refractivity contribution >= 4 is 5.91 Å². The summed E-state index contributed by atoms with van der Waals surface area (Å²) in [6.45, 7) is 4.40. The van der Waals surface area contributed by atoms with Gasteiger partial charge in [-0.25, -0.2) is 0 Å². The first-order valence-corrected chi connectivity index (χ1v) is 9.67. The van der Waals surface area contributed by atoms with Crippen LogP contribution in [0.15, 0.2) is 54.6 Å². The van der Waals surface area contributed by atoms with E-state index in [1.54, 1.807) is 0 Å². The summed E-state index contributed by atoms with van der Waals surface area (Å²) in [7, 11) is 0. The van der Waals surface area contributed by atoms with E-state index in [1.165, 1.54) is 16.7 Å². The van der Waals surface area contributed by atoms with Crippen molar-refractivity contribution < 1.29 is 4.79 Å². The van der Waals surface area contributed by atoms with Crippen LogP contribution in [0.25, 0.3) is 0 Å². The summed E-state index contributed by atoms with van der Waals surface area (Å²) in [4.78, 5) is 15.8. The summed E-state index contributed by atoms with van der Waals surface area (Å²) >= 11 is 0. The molecule has 1 fully saturated rings. The lowest BCUT2D eigenvalue weighted by atomic mass is 9.87. The van der Waals surface area contributed by atoms with E-state index in [9.17, 15) is 4.79 Å². The van der Waals surface area contributed by atoms with Gasteiger partial charge in [0.2, 0.25) is 5.91 Å². The molecule has 0 radical (unpaired) electrons. The molecule has 4 rings (SSSR count). The van der Waals surface area contributed by atoms with Gasteiger partial charge in [-0.1, -0.05) is 54.6 Å². The minimum Gasteiger partial charge on any atom is -0.354 e. The molecule has 2 aliphatic rings. The molecule has 1 heterocycles. The van der Waals surface area contributed by atoms with Gasteiger partial charge in [-0.2, -0.15) is 0 Å². The number of hydrogen-bond donors (Lipinski definition) is 2. The normalized spacial score (nSPS) is 22.8. The second kappa shape index (κ2) is 7.60. The molecule has 1 aliphatic heterocycles. The Morgan fingerprint density at radius 2 is 1.77 bits per heavy atom. The second-order valence-corrected chi connectivity index (χ2v) is 7.25. The van der Waals surface area contributed by atoms with Gasteiger partial charge in [-0.05, 0) is 36.0 Å². The molecule has 2 aromatic carbocycles. The van der Waals surface area contributed by atoms with E-state index in [-0.39, 0.29) is 5.91 Å². The van der Waals surface area contributed by atoms with E-state index in [0.717, 1.165) is 45.4 Å². The molecular formula is C22H27N3O. The molecule has 0 bridgehead atoms. The van der Waals surface area contributed by atoms with Gasteiger partial charge in [0.15, 0.2) is 0 Å². The number of aryl methyl sites for hydroxylation is 1. The molecule has 1 atom stereocenters. The minimum atomic E-state index is -0.505. The van der Waals surface area contributed by atoms with Gasteiger partial charge < -0.3 is 10.6 Å². The van der Waals surface area contributed by atoms with E-state index in [4.69, 9.17) is 0 Å². The third-order valence-corrected chi connectivity index (χ3v) is 5.79. The van der Waals surface area contributed by atoms with Crippen molar-refractivity contribution in [2.24, 2.45) is 0 Å². The number of amides is 1. The second-order valence-electron chi connectivity index (χ2n) is 7.25. The maximum Gasteiger partial charge on any atom is 0.245 e. The smallest absolute Gasteiger partial charge is 0.245 e. The van der Waals surface area contributed by atoms with E-state index < -0.39 is 5.54 Å². The van der Waals surface area contributed by atoms with Gasteiger partial charge in [-0.3, -0.25) is 9.69 Å². The molecule has 4 nitrogen and oxygen atoms in total. The molecule has 136 valence electrons. The minimum absolute atomic E-state index is 0.167. The SMILES string of the molecule is O=C(NCCc1ccccc1)C1(N2CCNCC2)CCc2ccccc21. The molecule has 4 heteroatoms. The van der Waals surface area contributed by atoms with E-state index in [1.807, 2.05) is 18.2 Å². The van der Waals surface area contributed by atoms with E-state index >= 15 is 0 Å². The van der Waals surface area contributed by atoms with Gasteiger partial charge in [-0.15, -0.1) is 0 Å². The van der Waals surface area contributed by atoms with Gasteiger partial charge in [0.05, 0.1) is 0 Å². The number of hydrogen-bond acceptors (Lipinski definition) is 3. The topological polar surface area (TPSA) is 44.4 Å². The van der Waals surface area contributed by atoms with Crippen molar-refractivity contribution in [2.75, 3.05) is 32.7 Å². The Kier molecular flexibility index (Phi) is 5.05. The highest BCUT2D eigenvalue weighted by atomic mass is 16.2. The van der Waals surface area contributed by atoms with Crippen molar-refractivity contribution in [1.29, 1.82) is 0 Å². The largest absolute Gasteiger partial charge is 0.354 e. The summed E-state index contributed by atoms with van der Waals surface area (Å²) in [5, 5.41) is 6.66. The van der Waals surface area contributed by atoms with Crippen LogP contribution in [0.3, 0.4) is 0 Å². The number of nitrogens with one attached hydrogen (secondary N) is 2. The summed E-state index contributed by atoms with van der Waals surface area (Å²) in [6.07, 6.45) is 2.72. The quantitative estimate of drug-likeness (QED) is 0.869. The van der Waals surface area contributed by atoms with Crippen molar-refractivity contribution in [2.45, 2.75) is 24.8 Å². The Labute approximate surface area is 155 Å². The first-order chi connectivity index (χ1) is 12.8. The first kappa shape index (κ1) is 17.3. The number of rotatable bonds is 5. The van der Waals surface area contributed by atoms with Crippen LogP contribution in [0.4, 0.5) is 0 Å². The van der Waals surface area contributed by atoms with Crippen molar-refractivity contribution in [1.82, 2.24) is 15.5 Å². The fourth-order valence-electron chi connectivity index (χ4n) is 4.46. The molecule has 1 aliphatic carbocycles. The zero-order chi connectivity index (χ0) is 17.8. The van der Waals surface area contributed by atoms with Crippen molar-refractivity contribution in [3.8, 4) is 0 Å². The fourth-order valence-corrected chi connectivity index (χ4v) is 4.46. The average molecular weight is 349 g/mol. The third-order valence-electron chi connectivity index (χ3n) is 5.79. The zero-order valence-electron chi connectivity index (χ0n) is 15.2. The monoisotopic (exact) mass is 349 g/mol. The van der Waals surface area contributed by atoms with Gasteiger partial charge in [0.1, 0.15) is 5.54 Å². The lowest BCUT2D eigenvalue weighted by molar-refractivity contribution is -0.135. The molecule has 1 unspecified atom stereocenters. The molecule has 0 saturated carbocycles. The number of carbonyl (C=O) groups is 1. The first-order valence-electron chi connectivity index (χ1n) is 9.67. The van der Waals surface area contributed by atoms with Crippen LogP contribution < -0.4 is 10.6 Å². The highest BCUT2D eigenvalue weighted by molar-refractivity contribution is 5.89. The van der Waals surface area contributed by atoms with E-state index in [2.05, 4.69) is 51.9 Å². The van der Waals surface area contributed by atoms with E-state index in [0.29, 0.717) is 6.54 Å². The summed E-state index contributed by atoms with van der Waals surface area (Å²) in [5.74, 6) is 0.167. The lowest BCUT2D eigenvalue weighted by Crippen LogP contribution is -2.60. The van der Waals surface area contributed by atoms with Crippen LogP contribution in [0.2, 0.25) is 0 Å². The highest BCUT2D eigenvalue weighted by Crippen LogP contribution is 2.42. The van der Waals surface area contributed by atoms with Crippen LogP contribution in [0.1, 0.15) is 23.1 Å². The lowest BCUT2D eigenvalue weighted by Gasteiger charge is -2.43. The maximum absolute atomic E-state index is 13.4. The summed E-state index contributed by atoms with van der Waals surface area (Å²) in [6, 6.07) is 18.8. The molecule has 2 N–H and O–H groups in total. The molecule has 0 aromatic heterocycles. The Bertz CT molecular complexity index is 755. The van der Waals surface area contributed by atoms with Gasteiger partial charge in [0.25, 0.3) is 0 Å². The molecule has 2 aromatic rings. The average Bonchev–Trinajstić information content (AvgIpc) is 3.10. The fraction of sp³-hybridized carbons (Fsp3) is 0.409. The highest BCUT2D eigenvalue weighted by Gasteiger charge is 2.49. The summed E-state index contributed by atoms with van der Waals surface area (Å²) in [5.41, 5.74) is 3.29. The van der Waals surface area contributed by atoms with Crippen LogP contribution in [-0.2, 0) is 23.2 Å². The van der Waals surface area contributed by atoms with Crippen LogP contribution in [0, 0.1) is 0 Å². The standard InChI is InChI=1S/C22H27N3O/c26-21(24-13-11-18-6-2-1-3-7-18)22(25-16-14-23-15-17-25)12-10-19-8-4-5-9-20(19)22/h1-9,23H,10-17H2,(H,24,26). The molecule has 1 saturated heterocycles. The molecule has 0 spiro atoms. The molecule has 1 amide bonds. The Morgan fingerprint density at radius 1 is 1.04 bits per heavy atom. The van der Waals surface area contributed by atoms with Crippen LogP contribution in [0.5, 0.6) is 0 Å². The number of benzene rings is 2. The maximum atomic E-state index is 13.4. The van der Waals surface area contributed by atoms with Crippen molar-refractivity contribution in [3.63, 3.8) is 0 Å². The molecule has 26 heavy (non-hydrogen) atoms. The number of fused-ring (bicyclic) bond motifs is 1. The van der Waals surface area contributed by atoms with Gasteiger partial charge in [0, 0.05) is 32.7 Å². The zero-order valence-corrected chi connectivity index (χ0v) is 15.2.